The lowest BCUT2D eigenvalue weighted by Crippen LogP contribution is -2.14. The van der Waals surface area contributed by atoms with Gasteiger partial charge in [0.15, 0.2) is 0 Å². The molecule has 7 heteroatoms. The van der Waals surface area contributed by atoms with Gasteiger partial charge >= 0.3 is 0 Å². The summed E-state index contributed by atoms with van der Waals surface area (Å²) in [5.74, 6) is 0.419. The van der Waals surface area contributed by atoms with Gasteiger partial charge in [0.25, 0.3) is 10.0 Å². The van der Waals surface area contributed by atoms with Gasteiger partial charge in [-0.25, -0.2) is 13.4 Å². The number of alkyl halides is 1. The minimum absolute atomic E-state index is 0.132. The molecule has 0 atom stereocenters. The lowest BCUT2D eigenvalue weighted by atomic mass is 10.2. The Morgan fingerprint density at radius 2 is 2.00 bits per heavy atom. The molecule has 2 aromatic rings. The van der Waals surface area contributed by atoms with Crippen molar-refractivity contribution in [2.45, 2.75) is 10.8 Å². The number of nitrogens with zero attached hydrogens (tertiary/aromatic N) is 1. The smallest absolute Gasteiger partial charge is 0.263 e. The fourth-order valence-corrected chi connectivity index (χ4v) is 2.85. The van der Waals surface area contributed by atoms with Crippen LogP contribution in [0, 0.1) is 0 Å². The number of halogens is 2. The molecule has 100 valence electrons. The fourth-order valence-electron chi connectivity index (χ4n) is 1.45. The maximum Gasteiger partial charge on any atom is 0.263 e. The van der Waals surface area contributed by atoms with Crippen LogP contribution < -0.4 is 4.72 Å². The minimum atomic E-state index is -3.69. The molecule has 0 aliphatic heterocycles. The molecular formula is C12H10Cl2N2O2S. The van der Waals surface area contributed by atoms with Crippen LogP contribution in [-0.2, 0) is 15.9 Å². The zero-order valence-electron chi connectivity index (χ0n) is 9.68. The number of hydrogen-bond acceptors (Lipinski definition) is 3. The first-order valence-corrected chi connectivity index (χ1v) is 7.70. The Bertz CT molecular complexity index is 690. The first-order valence-electron chi connectivity index (χ1n) is 5.30. The Balaban J connectivity index is 2.32. The molecule has 1 heterocycles. The first kappa shape index (κ1) is 14.1. The Labute approximate surface area is 121 Å². The van der Waals surface area contributed by atoms with E-state index in [9.17, 15) is 8.42 Å². The first-order chi connectivity index (χ1) is 9.01. The number of anilines is 1. The minimum Gasteiger partial charge on any atom is -0.263 e. The molecule has 4 nitrogen and oxygen atoms in total. The Morgan fingerprint density at radius 3 is 2.68 bits per heavy atom. The highest BCUT2D eigenvalue weighted by Gasteiger charge is 2.15. The van der Waals surface area contributed by atoms with Crippen molar-refractivity contribution in [3.8, 4) is 0 Å². The number of pyridine rings is 1. The Kier molecular flexibility index (Phi) is 4.29. The van der Waals surface area contributed by atoms with Gasteiger partial charge in [0, 0.05) is 23.2 Å². The standard InChI is InChI=1S/C12H10Cl2N2O2S/c13-8-9-2-1-3-11(6-9)19(17,18)16-12-7-10(14)4-5-15-12/h1-7H,8H2,(H,15,16). The number of aromatic nitrogens is 1. The van der Waals surface area contributed by atoms with Crippen molar-refractivity contribution in [1.29, 1.82) is 0 Å². The van der Waals surface area contributed by atoms with Crippen LogP contribution >= 0.6 is 23.2 Å². The summed E-state index contributed by atoms with van der Waals surface area (Å²) in [6.07, 6.45) is 1.43. The summed E-state index contributed by atoms with van der Waals surface area (Å²) in [4.78, 5) is 4.02. The second kappa shape index (κ2) is 5.77. The normalized spacial score (nSPS) is 11.3. The highest BCUT2D eigenvalue weighted by molar-refractivity contribution is 7.92. The molecule has 0 bridgehead atoms. The second-order valence-electron chi connectivity index (χ2n) is 3.75. The van der Waals surface area contributed by atoms with E-state index in [-0.39, 0.29) is 16.6 Å². The maximum absolute atomic E-state index is 12.1. The lowest BCUT2D eigenvalue weighted by Gasteiger charge is -2.08. The second-order valence-corrected chi connectivity index (χ2v) is 6.13. The molecule has 0 aliphatic rings. The van der Waals surface area contributed by atoms with Crippen LogP contribution in [0.1, 0.15) is 5.56 Å². The van der Waals surface area contributed by atoms with E-state index < -0.39 is 10.0 Å². The summed E-state index contributed by atoms with van der Waals surface area (Å²) in [6.45, 7) is 0. The van der Waals surface area contributed by atoms with E-state index in [0.29, 0.717) is 5.02 Å². The molecule has 0 aliphatic carbocycles. The average Bonchev–Trinajstić information content (AvgIpc) is 2.38. The SMILES string of the molecule is O=S(=O)(Nc1cc(Cl)ccn1)c1cccc(CCl)c1. The summed E-state index contributed by atoms with van der Waals surface area (Å²) in [7, 11) is -3.69. The lowest BCUT2D eigenvalue weighted by molar-refractivity contribution is 0.601. The number of sulfonamides is 1. The molecule has 0 fully saturated rings. The van der Waals surface area contributed by atoms with E-state index in [1.807, 2.05) is 0 Å². The van der Waals surface area contributed by atoms with Crippen LogP contribution in [0.5, 0.6) is 0 Å². The van der Waals surface area contributed by atoms with Crippen LogP contribution in [0.4, 0.5) is 5.82 Å². The van der Waals surface area contributed by atoms with Gasteiger partial charge in [-0.2, -0.15) is 0 Å². The molecular weight excluding hydrogens is 307 g/mol. The van der Waals surface area contributed by atoms with Crippen molar-refractivity contribution in [2.75, 3.05) is 4.72 Å². The molecule has 0 radical (unpaired) electrons. The van der Waals surface area contributed by atoms with E-state index in [1.165, 1.54) is 24.4 Å². The molecule has 0 saturated carbocycles. The highest BCUT2D eigenvalue weighted by Crippen LogP contribution is 2.18. The number of rotatable bonds is 4. The van der Waals surface area contributed by atoms with Crippen LogP contribution in [0.15, 0.2) is 47.5 Å². The summed E-state index contributed by atoms with van der Waals surface area (Å²) >= 11 is 11.5. The summed E-state index contributed by atoms with van der Waals surface area (Å²) < 4.78 is 26.6. The van der Waals surface area contributed by atoms with E-state index in [1.54, 1.807) is 18.2 Å². The maximum atomic E-state index is 12.1. The van der Waals surface area contributed by atoms with Gasteiger partial charge in [-0.05, 0) is 23.8 Å². The van der Waals surface area contributed by atoms with Crippen molar-refractivity contribution < 1.29 is 8.42 Å². The third-order valence-electron chi connectivity index (χ3n) is 2.32. The molecule has 0 saturated heterocycles. The van der Waals surface area contributed by atoms with Crippen molar-refractivity contribution in [3.63, 3.8) is 0 Å². The predicted molar refractivity (Wildman–Crippen MR) is 76.1 cm³/mol. The van der Waals surface area contributed by atoms with Crippen molar-refractivity contribution in [1.82, 2.24) is 4.98 Å². The molecule has 0 amide bonds. The highest BCUT2D eigenvalue weighted by atomic mass is 35.5. The van der Waals surface area contributed by atoms with Crippen molar-refractivity contribution >= 4 is 39.0 Å². The number of nitrogens with one attached hydrogen (secondary N) is 1. The Hall–Kier alpha value is -1.30. The summed E-state index contributed by atoms with van der Waals surface area (Å²) in [6, 6.07) is 9.39. The molecule has 1 N–H and O–H groups in total. The summed E-state index contributed by atoms with van der Waals surface area (Å²) in [5.41, 5.74) is 0.726. The van der Waals surface area contributed by atoms with Gasteiger partial charge in [-0.3, -0.25) is 4.72 Å². The number of benzene rings is 1. The monoisotopic (exact) mass is 316 g/mol. The topological polar surface area (TPSA) is 59.1 Å². The van der Waals surface area contributed by atoms with Gasteiger partial charge in [0.2, 0.25) is 0 Å². The quantitative estimate of drug-likeness (QED) is 0.881. The molecule has 19 heavy (non-hydrogen) atoms. The molecule has 2 rings (SSSR count). The third-order valence-corrected chi connectivity index (χ3v) is 4.22. The van der Waals surface area contributed by atoms with Crippen LogP contribution in [0.2, 0.25) is 5.02 Å². The van der Waals surface area contributed by atoms with Gasteiger partial charge in [-0.15, -0.1) is 11.6 Å². The van der Waals surface area contributed by atoms with Gasteiger partial charge in [-0.1, -0.05) is 23.7 Å². The molecule has 0 unspecified atom stereocenters. The van der Waals surface area contributed by atoms with Crippen molar-refractivity contribution in [3.05, 3.63) is 53.2 Å². The van der Waals surface area contributed by atoms with E-state index in [0.717, 1.165) is 5.56 Å². The van der Waals surface area contributed by atoms with Crippen LogP contribution in [0.25, 0.3) is 0 Å². The van der Waals surface area contributed by atoms with Crippen LogP contribution in [0.3, 0.4) is 0 Å². The van der Waals surface area contributed by atoms with Gasteiger partial charge < -0.3 is 0 Å². The van der Waals surface area contributed by atoms with Crippen molar-refractivity contribution in [2.24, 2.45) is 0 Å². The molecule has 1 aromatic heterocycles. The number of hydrogen-bond donors (Lipinski definition) is 1. The van der Waals surface area contributed by atoms with Crippen LogP contribution in [-0.4, -0.2) is 13.4 Å². The van der Waals surface area contributed by atoms with Gasteiger partial charge in [0.05, 0.1) is 4.90 Å². The largest absolute Gasteiger partial charge is 0.263 e. The zero-order chi connectivity index (χ0) is 13.9. The van der Waals surface area contributed by atoms with E-state index in [4.69, 9.17) is 23.2 Å². The van der Waals surface area contributed by atoms with E-state index >= 15 is 0 Å². The predicted octanol–water partition coefficient (Wildman–Crippen LogP) is 3.27. The average molecular weight is 317 g/mol. The Morgan fingerprint density at radius 1 is 1.21 bits per heavy atom. The zero-order valence-corrected chi connectivity index (χ0v) is 12.0. The third kappa shape index (κ3) is 3.59. The van der Waals surface area contributed by atoms with Gasteiger partial charge in [0.1, 0.15) is 5.82 Å². The molecule has 1 aromatic carbocycles. The van der Waals surface area contributed by atoms with E-state index in [2.05, 4.69) is 9.71 Å². The fraction of sp³-hybridized carbons (Fsp3) is 0.0833. The summed E-state index contributed by atoms with van der Waals surface area (Å²) in [5, 5.41) is 0.405. The molecule has 0 spiro atoms.